The van der Waals surface area contributed by atoms with Crippen LogP contribution in [-0.2, 0) is 6.18 Å². The van der Waals surface area contributed by atoms with Crippen molar-refractivity contribution >= 4 is 5.69 Å². The number of aromatic nitrogens is 1. The molecule has 1 aromatic heterocycles. The van der Waals surface area contributed by atoms with Gasteiger partial charge >= 0.3 is 6.18 Å². The van der Waals surface area contributed by atoms with E-state index in [2.05, 4.69) is 10.3 Å². The summed E-state index contributed by atoms with van der Waals surface area (Å²) in [5.74, 6) is 0. The molecule has 0 aromatic carbocycles. The van der Waals surface area contributed by atoms with Crippen molar-refractivity contribution in [2.45, 2.75) is 26.1 Å². The van der Waals surface area contributed by atoms with Crippen molar-refractivity contribution in [3.05, 3.63) is 24.0 Å². The van der Waals surface area contributed by atoms with Crippen LogP contribution in [0.1, 0.15) is 19.4 Å². The van der Waals surface area contributed by atoms with Crippen molar-refractivity contribution in [3.8, 4) is 0 Å². The Bertz CT molecular complexity index is 307. The molecule has 1 N–H and O–H groups in total. The van der Waals surface area contributed by atoms with Crippen molar-refractivity contribution in [1.82, 2.24) is 4.98 Å². The molecule has 1 aromatic rings. The van der Waals surface area contributed by atoms with Crippen LogP contribution in [0.15, 0.2) is 18.5 Å². The third kappa shape index (κ3) is 2.90. The molecule has 0 spiro atoms. The maximum absolute atomic E-state index is 12.2. The standard InChI is InChI=1S/C9H11F3N2/c1-6(2)14-8-3-7(4-13-5-8)9(10,11)12/h3-6,14H,1-2H3. The lowest BCUT2D eigenvalue weighted by atomic mass is 10.2. The van der Waals surface area contributed by atoms with Crippen LogP contribution in [0.3, 0.4) is 0 Å². The molecule has 0 radical (unpaired) electrons. The average molecular weight is 204 g/mol. The van der Waals surface area contributed by atoms with Crippen LogP contribution >= 0.6 is 0 Å². The molecular formula is C9H11F3N2. The summed E-state index contributed by atoms with van der Waals surface area (Å²) in [4.78, 5) is 3.52. The van der Waals surface area contributed by atoms with Gasteiger partial charge in [0.1, 0.15) is 0 Å². The molecule has 1 heterocycles. The van der Waals surface area contributed by atoms with Crippen molar-refractivity contribution in [2.24, 2.45) is 0 Å². The molecule has 2 nitrogen and oxygen atoms in total. The predicted molar refractivity (Wildman–Crippen MR) is 48.0 cm³/mol. The maximum atomic E-state index is 12.2. The summed E-state index contributed by atoms with van der Waals surface area (Å²) < 4.78 is 36.7. The first-order valence-electron chi connectivity index (χ1n) is 4.18. The van der Waals surface area contributed by atoms with Crippen LogP contribution in [0.5, 0.6) is 0 Å². The van der Waals surface area contributed by atoms with Gasteiger partial charge in [0, 0.05) is 18.4 Å². The highest BCUT2D eigenvalue weighted by Crippen LogP contribution is 2.29. The average Bonchev–Trinajstić information content (AvgIpc) is 2.01. The van der Waals surface area contributed by atoms with E-state index in [1.165, 1.54) is 6.20 Å². The highest BCUT2D eigenvalue weighted by atomic mass is 19.4. The summed E-state index contributed by atoms with van der Waals surface area (Å²) in [6.07, 6.45) is -2.15. The van der Waals surface area contributed by atoms with Crippen LogP contribution < -0.4 is 5.32 Å². The molecule has 0 saturated carbocycles. The van der Waals surface area contributed by atoms with Gasteiger partial charge in [-0.15, -0.1) is 0 Å². The summed E-state index contributed by atoms with van der Waals surface area (Å²) in [7, 11) is 0. The van der Waals surface area contributed by atoms with Gasteiger partial charge in [0.25, 0.3) is 0 Å². The molecule has 1 rings (SSSR count). The second-order valence-corrected chi connectivity index (χ2v) is 3.26. The molecule has 0 unspecified atom stereocenters. The van der Waals surface area contributed by atoms with E-state index < -0.39 is 11.7 Å². The Labute approximate surface area is 80.2 Å². The van der Waals surface area contributed by atoms with E-state index in [9.17, 15) is 13.2 Å². The van der Waals surface area contributed by atoms with E-state index >= 15 is 0 Å². The Balaban J connectivity index is 2.90. The van der Waals surface area contributed by atoms with Crippen LogP contribution in [0.4, 0.5) is 18.9 Å². The maximum Gasteiger partial charge on any atom is 0.417 e. The fraction of sp³-hybridized carbons (Fsp3) is 0.444. The molecule has 0 fully saturated rings. The van der Waals surface area contributed by atoms with E-state index in [4.69, 9.17) is 0 Å². The Hall–Kier alpha value is -1.26. The number of nitrogens with one attached hydrogen (secondary N) is 1. The van der Waals surface area contributed by atoms with Gasteiger partial charge in [0.15, 0.2) is 0 Å². The third-order valence-electron chi connectivity index (χ3n) is 1.52. The normalized spacial score (nSPS) is 11.9. The molecule has 78 valence electrons. The smallest absolute Gasteiger partial charge is 0.382 e. The van der Waals surface area contributed by atoms with Crippen LogP contribution in [0.25, 0.3) is 0 Å². The van der Waals surface area contributed by atoms with E-state index in [1.807, 2.05) is 13.8 Å². The van der Waals surface area contributed by atoms with Gasteiger partial charge in [0.2, 0.25) is 0 Å². The second kappa shape index (κ2) is 3.86. The number of halogens is 3. The predicted octanol–water partition coefficient (Wildman–Crippen LogP) is 2.92. The van der Waals surface area contributed by atoms with E-state index in [0.717, 1.165) is 12.3 Å². The number of nitrogens with zero attached hydrogens (tertiary/aromatic N) is 1. The molecule has 5 heteroatoms. The molecule has 0 aliphatic rings. The van der Waals surface area contributed by atoms with Crippen molar-refractivity contribution in [1.29, 1.82) is 0 Å². The van der Waals surface area contributed by atoms with Gasteiger partial charge in [-0.05, 0) is 19.9 Å². The SMILES string of the molecule is CC(C)Nc1cncc(C(F)(F)F)c1. The monoisotopic (exact) mass is 204 g/mol. The van der Waals surface area contributed by atoms with Gasteiger partial charge in [-0.3, -0.25) is 4.98 Å². The fourth-order valence-corrected chi connectivity index (χ4v) is 1.01. The van der Waals surface area contributed by atoms with Crippen molar-refractivity contribution < 1.29 is 13.2 Å². The lowest BCUT2D eigenvalue weighted by Gasteiger charge is -2.11. The zero-order chi connectivity index (χ0) is 10.8. The van der Waals surface area contributed by atoms with Gasteiger partial charge in [-0.25, -0.2) is 0 Å². The van der Waals surface area contributed by atoms with Gasteiger partial charge < -0.3 is 5.32 Å². The van der Waals surface area contributed by atoms with Crippen LogP contribution in [0.2, 0.25) is 0 Å². The minimum Gasteiger partial charge on any atom is -0.382 e. The molecule has 0 atom stereocenters. The van der Waals surface area contributed by atoms with Gasteiger partial charge in [-0.2, -0.15) is 13.2 Å². The zero-order valence-electron chi connectivity index (χ0n) is 7.89. The first-order chi connectivity index (χ1) is 6.39. The molecule has 14 heavy (non-hydrogen) atoms. The topological polar surface area (TPSA) is 24.9 Å². The Morgan fingerprint density at radius 1 is 1.29 bits per heavy atom. The lowest BCUT2D eigenvalue weighted by Crippen LogP contribution is -2.12. The van der Waals surface area contributed by atoms with E-state index in [0.29, 0.717) is 5.69 Å². The highest BCUT2D eigenvalue weighted by molar-refractivity contribution is 5.44. The molecule has 0 aliphatic carbocycles. The second-order valence-electron chi connectivity index (χ2n) is 3.26. The molecule has 0 aliphatic heterocycles. The third-order valence-corrected chi connectivity index (χ3v) is 1.52. The number of anilines is 1. The number of hydrogen-bond acceptors (Lipinski definition) is 2. The van der Waals surface area contributed by atoms with Crippen LogP contribution in [0, 0.1) is 0 Å². The quantitative estimate of drug-likeness (QED) is 0.801. The summed E-state index contributed by atoms with van der Waals surface area (Å²) in [6.45, 7) is 3.69. The van der Waals surface area contributed by atoms with Gasteiger partial charge in [0.05, 0.1) is 11.3 Å². The Morgan fingerprint density at radius 2 is 1.93 bits per heavy atom. The number of hydrogen-bond donors (Lipinski definition) is 1. The summed E-state index contributed by atoms with van der Waals surface area (Å²) in [5, 5.41) is 2.85. The minimum atomic E-state index is -4.33. The van der Waals surface area contributed by atoms with Crippen molar-refractivity contribution in [3.63, 3.8) is 0 Å². The zero-order valence-corrected chi connectivity index (χ0v) is 7.89. The highest BCUT2D eigenvalue weighted by Gasteiger charge is 2.31. The molecule has 0 bridgehead atoms. The molecule has 0 amide bonds. The first-order valence-corrected chi connectivity index (χ1v) is 4.18. The molecule has 0 saturated heterocycles. The number of rotatable bonds is 2. The molecular weight excluding hydrogens is 193 g/mol. The van der Waals surface area contributed by atoms with E-state index in [1.54, 1.807) is 0 Å². The number of pyridine rings is 1. The minimum absolute atomic E-state index is 0.0836. The largest absolute Gasteiger partial charge is 0.417 e. The van der Waals surface area contributed by atoms with Gasteiger partial charge in [-0.1, -0.05) is 0 Å². The summed E-state index contributed by atoms with van der Waals surface area (Å²) in [6, 6.07) is 1.13. The van der Waals surface area contributed by atoms with E-state index in [-0.39, 0.29) is 6.04 Å². The summed E-state index contributed by atoms with van der Waals surface area (Å²) in [5.41, 5.74) is -0.349. The van der Waals surface area contributed by atoms with Crippen LogP contribution in [-0.4, -0.2) is 11.0 Å². The Morgan fingerprint density at radius 3 is 2.43 bits per heavy atom. The summed E-state index contributed by atoms with van der Waals surface area (Å²) >= 11 is 0. The lowest BCUT2D eigenvalue weighted by molar-refractivity contribution is -0.137. The number of alkyl halides is 3. The first kappa shape index (κ1) is 10.8. The fourth-order valence-electron chi connectivity index (χ4n) is 1.01. The Kier molecular flexibility index (Phi) is 2.98. The van der Waals surface area contributed by atoms with Crippen molar-refractivity contribution in [2.75, 3.05) is 5.32 Å².